The molecule has 0 aromatic rings. The summed E-state index contributed by atoms with van der Waals surface area (Å²) in [7, 11) is 2.11. The molecule has 1 fully saturated rings. The smallest absolute Gasteiger partial charge is 0.0452 e. The largest absolute Gasteiger partial charge is 0.318 e. The van der Waals surface area contributed by atoms with Crippen LogP contribution in [0.4, 0.5) is 0 Å². The fraction of sp³-hybridized carbons (Fsp3) is 1.00. The van der Waals surface area contributed by atoms with E-state index < -0.39 is 0 Å². The molecule has 1 heterocycles. The predicted octanol–water partition coefficient (Wildman–Crippen LogP) is 1.59. The summed E-state index contributed by atoms with van der Waals surface area (Å²) in [5, 5.41) is 0. The Morgan fingerprint density at radius 1 is 1.31 bits per heavy atom. The van der Waals surface area contributed by atoms with Gasteiger partial charge in [-0.15, -0.1) is 0 Å². The first-order valence-electron chi connectivity index (χ1n) is 6.72. The lowest BCUT2D eigenvalue weighted by molar-refractivity contribution is 0.156. The number of piperidine rings is 1. The summed E-state index contributed by atoms with van der Waals surface area (Å²) in [6, 6.07) is 0. The number of hydrogen-bond donors (Lipinski definition) is 1. The average molecular weight is 227 g/mol. The summed E-state index contributed by atoms with van der Waals surface area (Å²) in [4.78, 5) is 4.83. The Labute approximate surface area is 101 Å². The molecule has 0 aliphatic carbocycles. The third-order valence-corrected chi connectivity index (χ3v) is 3.56. The van der Waals surface area contributed by atoms with Gasteiger partial charge in [0.25, 0.3) is 0 Å². The van der Waals surface area contributed by atoms with Gasteiger partial charge in [0.15, 0.2) is 0 Å². The normalized spacial score (nSPS) is 19.9. The van der Waals surface area contributed by atoms with Crippen LogP contribution in [0.25, 0.3) is 0 Å². The van der Waals surface area contributed by atoms with Crippen LogP contribution in [0.5, 0.6) is 0 Å². The van der Waals surface area contributed by atoms with Crippen molar-refractivity contribution in [2.45, 2.75) is 33.1 Å². The van der Waals surface area contributed by atoms with Gasteiger partial charge < -0.3 is 10.6 Å². The molecule has 0 atom stereocenters. The van der Waals surface area contributed by atoms with Crippen molar-refractivity contribution in [2.75, 3.05) is 39.9 Å². The molecule has 0 unspecified atom stereocenters. The molecule has 1 aliphatic rings. The van der Waals surface area contributed by atoms with Gasteiger partial charge >= 0.3 is 0 Å². The molecule has 0 saturated carbocycles. The van der Waals surface area contributed by atoms with E-state index in [4.69, 9.17) is 5.73 Å². The molecule has 0 bridgehead atoms. The standard InChI is InChI=1S/C13H29N3/c1-12(2)10-16-8-5-13(6-9-16)4-7-15(3)11-14/h12-13H,4-11,14H2,1-3H3. The second-order valence-electron chi connectivity index (χ2n) is 5.69. The number of likely N-dealkylation sites (tertiary alicyclic amines) is 1. The van der Waals surface area contributed by atoms with E-state index in [2.05, 4.69) is 30.7 Å². The van der Waals surface area contributed by atoms with Crippen LogP contribution in [-0.4, -0.2) is 49.7 Å². The fourth-order valence-corrected chi connectivity index (χ4v) is 2.47. The van der Waals surface area contributed by atoms with Crippen LogP contribution >= 0.6 is 0 Å². The summed E-state index contributed by atoms with van der Waals surface area (Å²) in [5.74, 6) is 1.73. The third-order valence-electron chi connectivity index (χ3n) is 3.56. The zero-order chi connectivity index (χ0) is 12.0. The summed E-state index contributed by atoms with van der Waals surface area (Å²) < 4.78 is 0. The van der Waals surface area contributed by atoms with E-state index in [1.807, 2.05) is 0 Å². The quantitative estimate of drug-likeness (QED) is 0.700. The van der Waals surface area contributed by atoms with Crippen LogP contribution in [0.15, 0.2) is 0 Å². The van der Waals surface area contributed by atoms with Crippen LogP contribution in [0.2, 0.25) is 0 Å². The Bertz CT molecular complexity index is 174. The Hall–Kier alpha value is -0.120. The molecule has 3 nitrogen and oxygen atoms in total. The zero-order valence-corrected chi connectivity index (χ0v) is 11.3. The first kappa shape index (κ1) is 13.9. The van der Waals surface area contributed by atoms with Crippen LogP contribution in [0, 0.1) is 11.8 Å². The van der Waals surface area contributed by atoms with Crippen molar-refractivity contribution in [3.05, 3.63) is 0 Å². The summed E-state index contributed by atoms with van der Waals surface area (Å²) in [5.41, 5.74) is 5.58. The Morgan fingerprint density at radius 3 is 2.44 bits per heavy atom. The van der Waals surface area contributed by atoms with Crippen LogP contribution in [0.3, 0.4) is 0 Å². The Kier molecular flexibility index (Phi) is 6.32. The van der Waals surface area contributed by atoms with Crippen molar-refractivity contribution in [3.8, 4) is 0 Å². The Balaban J connectivity index is 2.12. The van der Waals surface area contributed by atoms with Crippen LogP contribution < -0.4 is 5.73 Å². The lowest BCUT2D eigenvalue weighted by atomic mass is 9.93. The zero-order valence-electron chi connectivity index (χ0n) is 11.3. The number of nitrogens with zero attached hydrogens (tertiary/aromatic N) is 2. The van der Waals surface area contributed by atoms with Gasteiger partial charge in [0.1, 0.15) is 0 Å². The summed E-state index contributed by atoms with van der Waals surface area (Å²) in [6.45, 7) is 10.3. The first-order chi connectivity index (χ1) is 7.61. The number of nitrogens with two attached hydrogens (primary N) is 1. The maximum Gasteiger partial charge on any atom is 0.0452 e. The minimum atomic E-state index is 0.687. The second-order valence-corrected chi connectivity index (χ2v) is 5.69. The van der Waals surface area contributed by atoms with Gasteiger partial charge in [0, 0.05) is 13.2 Å². The number of hydrogen-bond acceptors (Lipinski definition) is 3. The van der Waals surface area contributed by atoms with Gasteiger partial charge in [0.2, 0.25) is 0 Å². The van der Waals surface area contributed by atoms with Crippen molar-refractivity contribution in [1.29, 1.82) is 0 Å². The molecule has 2 N–H and O–H groups in total. The summed E-state index contributed by atoms with van der Waals surface area (Å²) in [6.07, 6.45) is 4.08. The van der Waals surface area contributed by atoms with E-state index in [0.717, 1.165) is 18.4 Å². The predicted molar refractivity (Wildman–Crippen MR) is 70.3 cm³/mol. The average Bonchev–Trinajstić information content (AvgIpc) is 2.27. The van der Waals surface area contributed by atoms with E-state index in [-0.39, 0.29) is 0 Å². The molecule has 1 rings (SSSR count). The molecule has 0 radical (unpaired) electrons. The molecule has 0 aromatic carbocycles. The van der Waals surface area contributed by atoms with E-state index in [1.54, 1.807) is 0 Å². The van der Waals surface area contributed by atoms with E-state index in [1.165, 1.54) is 38.9 Å². The highest BCUT2D eigenvalue weighted by atomic mass is 15.1. The molecular formula is C13H29N3. The monoisotopic (exact) mass is 227 g/mol. The second kappa shape index (κ2) is 7.25. The van der Waals surface area contributed by atoms with E-state index in [0.29, 0.717) is 6.67 Å². The highest BCUT2D eigenvalue weighted by Crippen LogP contribution is 2.21. The highest BCUT2D eigenvalue weighted by Gasteiger charge is 2.19. The minimum absolute atomic E-state index is 0.687. The molecule has 1 aliphatic heterocycles. The van der Waals surface area contributed by atoms with Gasteiger partial charge in [-0.05, 0) is 57.8 Å². The lowest BCUT2D eigenvalue weighted by Crippen LogP contribution is -2.37. The van der Waals surface area contributed by atoms with Gasteiger partial charge in [-0.2, -0.15) is 0 Å². The third kappa shape index (κ3) is 5.28. The van der Waals surface area contributed by atoms with Crippen molar-refractivity contribution in [2.24, 2.45) is 17.6 Å². The maximum atomic E-state index is 5.58. The van der Waals surface area contributed by atoms with E-state index in [9.17, 15) is 0 Å². The fourth-order valence-electron chi connectivity index (χ4n) is 2.47. The van der Waals surface area contributed by atoms with Crippen molar-refractivity contribution in [1.82, 2.24) is 9.80 Å². The molecule has 16 heavy (non-hydrogen) atoms. The summed E-state index contributed by atoms with van der Waals surface area (Å²) >= 11 is 0. The topological polar surface area (TPSA) is 32.5 Å². The molecule has 3 heteroatoms. The van der Waals surface area contributed by atoms with Gasteiger partial charge in [-0.1, -0.05) is 13.8 Å². The maximum absolute atomic E-state index is 5.58. The van der Waals surface area contributed by atoms with Crippen molar-refractivity contribution >= 4 is 0 Å². The van der Waals surface area contributed by atoms with Crippen molar-refractivity contribution < 1.29 is 0 Å². The minimum Gasteiger partial charge on any atom is -0.318 e. The molecular weight excluding hydrogens is 198 g/mol. The Morgan fingerprint density at radius 2 is 1.94 bits per heavy atom. The van der Waals surface area contributed by atoms with Gasteiger partial charge in [-0.25, -0.2) is 0 Å². The molecule has 1 saturated heterocycles. The van der Waals surface area contributed by atoms with Gasteiger partial charge in [0.05, 0.1) is 0 Å². The van der Waals surface area contributed by atoms with Crippen molar-refractivity contribution in [3.63, 3.8) is 0 Å². The lowest BCUT2D eigenvalue weighted by Gasteiger charge is -2.33. The molecule has 0 amide bonds. The highest BCUT2D eigenvalue weighted by molar-refractivity contribution is 4.73. The van der Waals surface area contributed by atoms with Gasteiger partial charge in [-0.3, -0.25) is 4.90 Å². The molecule has 0 spiro atoms. The molecule has 96 valence electrons. The van der Waals surface area contributed by atoms with Crippen LogP contribution in [0.1, 0.15) is 33.1 Å². The van der Waals surface area contributed by atoms with Crippen LogP contribution in [-0.2, 0) is 0 Å². The SMILES string of the molecule is CC(C)CN1CCC(CCN(C)CN)CC1. The first-order valence-corrected chi connectivity index (χ1v) is 6.72. The number of rotatable bonds is 6. The molecule has 0 aromatic heterocycles. The van der Waals surface area contributed by atoms with E-state index >= 15 is 0 Å².